The van der Waals surface area contributed by atoms with E-state index < -0.39 is 0 Å². The van der Waals surface area contributed by atoms with Crippen molar-refractivity contribution in [3.63, 3.8) is 0 Å². The van der Waals surface area contributed by atoms with Gasteiger partial charge in [-0.2, -0.15) is 4.98 Å². The Bertz CT molecular complexity index is 1220. The summed E-state index contributed by atoms with van der Waals surface area (Å²) >= 11 is 0. The summed E-state index contributed by atoms with van der Waals surface area (Å²) in [5.74, 6) is 0.852. The molecule has 0 radical (unpaired) electrons. The van der Waals surface area contributed by atoms with Gasteiger partial charge in [-0.3, -0.25) is 0 Å². The molecule has 4 heterocycles. The van der Waals surface area contributed by atoms with Crippen molar-refractivity contribution in [2.75, 3.05) is 43.0 Å². The molecule has 2 atom stereocenters. The number of anilines is 2. The number of hydrogen-bond donors (Lipinski definition) is 2. The molecule has 0 saturated carbocycles. The number of fused-ring (bicyclic) bond motifs is 2. The van der Waals surface area contributed by atoms with Gasteiger partial charge in [0.05, 0.1) is 6.54 Å². The number of nitrogens with one attached hydrogen (secondary N) is 2. The monoisotopic (exact) mass is 550 g/mol. The second kappa shape index (κ2) is 16.8. The number of hydrogen-bond acceptors (Lipinski definition) is 7. The Morgan fingerprint density at radius 2 is 1.62 bits per heavy atom. The second-order valence-electron chi connectivity index (χ2n) is 9.95. The van der Waals surface area contributed by atoms with Crippen molar-refractivity contribution in [3.05, 3.63) is 64.2 Å². The van der Waals surface area contributed by atoms with Crippen LogP contribution < -0.4 is 20.8 Å². The van der Waals surface area contributed by atoms with E-state index in [1.54, 1.807) is 0 Å². The molecule has 8 nitrogen and oxygen atoms in total. The van der Waals surface area contributed by atoms with E-state index in [-0.39, 0.29) is 5.69 Å². The Morgan fingerprint density at radius 3 is 2.25 bits per heavy atom. The summed E-state index contributed by atoms with van der Waals surface area (Å²) in [4.78, 5) is 34.5. The van der Waals surface area contributed by atoms with E-state index in [0.29, 0.717) is 12.6 Å². The Kier molecular flexibility index (Phi) is 13.8. The standard InChI is InChI=1S/C21H23N5O.C6H13N.2C2H6.CH2O/c1-14-11-25(10-9-22-14)20-17-12-26(13-18(17)23-21(27)24-20)19-8-4-6-15-5-2-3-7-16(15)19;1-6-4-3-5-7(6)2;3*1-2/h2-8,14,22H,9-13H2,1H3,(H,23,24,27);6H,3-5H2,1-2H3;2*1-2H3;1H2/t14-;6-;;;/m01.../s1. The van der Waals surface area contributed by atoms with Crippen molar-refractivity contribution < 1.29 is 4.79 Å². The molecule has 8 heteroatoms. The zero-order valence-corrected chi connectivity index (χ0v) is 25.7. The van der Waals surface area contributed by atoms with Crippen LogP contribution in [0.3, 0.4) is 0 Å². The zero-order valence-electron chi connectivity index (χ0n) is 25.7. The minimum absolute atomic E-state index is 0.255. The van der Waals surface area contributed by atoms with E-state index in [1.165, 1.54) is 35.8 Å². The molecule has 2 fully saturated rings. The fourth-order valence-electron chi connectivity index (χ4n) is 5.39. The minimum Gasteiger partial charge on any atom is -0.361 e. The predicted octanol–water partition coefficient (Wildman–Crippen LogP) is 5.21. The third-order valence-electron chi connectivity index (χ3n) is 7.46. The van der Waals surface area contributed by atoms with E-state index >= 15 is 0 Å². The molecule has 3 aliphatic heterocycles. The highest BCUT2D eigenvalue weighted by Gasteiger charge is 2.29. The molecule has 0 amide bonds. The molecular weight excluding hydrogens is 500 g/mol. The Hall–Kier alpha value is -3.23. The molecule has 40 heavy (non-hydrogen) atoms. The number of H-pyrrole nitrogens is 1. The van der Waals surface area contributed by atoms with Gasteiger partial charge in [0, 0.05) is 60.6 Å². The first-order chi connectivity index (χ1) is 19.5. The number of benzene rings is 2. The molecule has 2 saturated heterocycles. The first kappa shape index (κ1) is 33.0. The quantitative estimate of drug-likeness (QED) is 0.453. The van der Waals surface area contributed by atoms with Gasteiger partial charge < -0.3 is 29.8 Å². The average molecular weight is 551 g/mol. The third-order valence-corrected chi connectivity index (χ3v) is 7.46. The normalized spacial score (nSPS) is 19.6. The smallest absolute Gasteiger partial charge is 0.347 e. The van der Waals surface area contributed by atoms with Crippen molar-refractivity contribution in [1.29, 1.82) is 0 Å². The van der Waals surface area contributed by atoms with Gasteiger partial charge in [0.25, 0.3) is 0 Å². The number of carbonyl (C=O) groups excluding carboxylic acids is 1. The highest BCUT2D eigenvalue weighted by Crippen LogP contribution is 2.35. The maximum Gasteiger partial charge on any atom is 0.347 e. The fraction of sp³-hybridized carbons (Fsp3) is 0.531. The van der Waals surface area contributed by atoms with Crippen molar-refractivity contribution >= 4 is 29.1 Å². The molecular formula is C32H50N6O2. The minimum atomic E-state index is -0.255. The summed E-state index contributed by atoms with van der Waals surface area (Å²) in [5, 5.41) is 5.92. The highest BCUT2D eigenvalue weighted by molar-refractivity contribution is 5.94. The van der Waals surface area contributed by atoms with Crippen LogP contribution in [0.1, 0.15) is 65.6 Å². The van der Waals surface area contributed by atoms with Gasteiger partial charge in [0.1, 0.15) is 12.6 Å². The molecule has 3 aromatic rings. The number of aromatic amines is 1. The number of aromatic nitrogens is 2. The highest BCUT2D eigenvalue weighted by atomic mass is 16.1. The lowest BCUT2D eigenvalue weighted by Crippen LogP contribution is -2.50. The molecule has 0 aliphatic carbocycles. The predicted molar refractivity (Wildman–Crippen MR) is 170 cm³/mol. The van der Waals surface area contributed by atoms with Crippen LogP contribution in [0, 0.1) is 0 Å². The van der Waals surface area contributed by atoms with Crippen molar-refractivity contribution in [1.82, 2.24) is 20.2 Å². The maximum atomic E-state index is 12.2. The van der Waals surface area contributed by atoms with Gasteiger partial charge in [-0.15, -0.1) is 0 Å². The molecule has 0 bridgehead atoms. The molecule has 220 valence electrons. The van der Waals surface area contributed by atoms with Gasteiger partial charge in [-0.25, -0.2) is 4.79 Å². The van der Waals surface area contributed by atoms with Gasteiger partial charge in [-0.1, -0.05) is 64.1 Å². The van der Waals surface area contributed by atoms with Crippen LogP contribution in [0.15, 0.2) is 47.3 Å². The van der Waals surface area contributed by atoms with Crippen LogP contribution in [0.25, 0.3) is 10.8 Å². The first-order valence-electron chi connectivity index (χ1n) is 14.8. The van der Waals surface area contributed by atoms with Gasteiger partial charge in [0.2, 0.25) is 0 Å². The van der Waals surface area contributed by atoms with Crippen molar-refractivity contribution in [3.8, 4) is 0 Å². The molecule has 2 aromatic carbocycles. The van der Waals surface area contributed by atoms with Crippen LogP contribution in [-0.2, 0) is 17.9 Å². The van der Waals surface area contributed by atoms with Crippen LogP contribution in [0.2, 0.25) is 0 Å². The van der Waals surface area contributed by atoms with Crippen LogP contribution in [-0.4, -0.2) is 67.0 Å². The Balaban J connectivity index is 0.000000366. The lowest BCUT2D eigenvalue weighted by molar-refractivity contribution is -0.0980. The molecule has 6 rings (SSSR count). The number of carbonyl (C=O) groups is 1. The van der Waals surface area contributed by atoms with Crippen LogP contribution in [0.4, 0.5) is 11.5 Å². The van der Waals surface area contributed by atoms with Crippen LogP contribution in [0.5, 0.6) is 0 Å². The molecule has 2 N–H and O–H groups in total. The second-order valence-corrected chi connectivity index (χ2v) is 9.95. The third kappa shape index (κ3) is 8.15. The summed E-state index contributed by atoms with van der Waals surface area (Å²) in [5.41, 5.74) is 3.08. The van der Waals surface area contributed by atoms with E-state index in [4.69, 9.17) is 4.79 Å². The largest absolute Gasteiger partial charge is 0.361 e. The number of piperazine rings is 1. The number of nitrogens with zero attached hydrogens (tertiary/aromatic N) is 4. The molecule has 0 spiro atoms. The Labute approximate surface area is 240 Å². The summed E-state index contributed by atoms with van der Waals surface area (Å²) < 4.78 is 0. The van der Waals surface area contributed by atoms with E-state index in [2.05, 4.69) is 93.3 Å². The number of rotatable bonds is 2. The summed E-state index contributed by atoms with van der Waals surface area (Å²) in [7, 11) is 2.19. The van der Waals surface area contributed by atoms with E-state index in [9.17, 15) is 4.79 Å². The lowest BCUT2D eigenvalue weighted by Gasteiger charge is -2.33. The molecule has 1 aromatic heterocycles. The van der Waals surface area contributed by atoms with Gasteiger partial charge in [0.15, 0.2) is 0 Å². The average Bonchev–Trinajstić information content (AvgIpc) is 3.60. The molecule has 3 aliphatic rings. The summed E-state index contributed by atoms with van der Waals surface area (Å²) in [6.07, 6.45) is 2.80. The van der Waals surface area contributed by atoms with E-state index in [0.717, 1.165) is 49.3 Å². The van der Waals surface area contributed by atoms with E-state index in [1.807, 2.05) is 34.5 Å². The number of likely N-dealkylation sites (tertiary alicyclic amines) is 1. The summed E-state index contributed by atoms with van der Waals surface area (Å²) in [6.45, 7) is 19.9. The Morgan fingerprint density at radius 1 is 0.925 bits per heavy atom. The van der Waals surface area contributed by atoms with Crippen molar-refractivity contribution in [2.24, 2.45) is 0 Å². The summed E-state index contributed by atoms with van der Waals surface area (Å²) in [6, 6.07) is 16.1. The molecule has 0 unspecified atom stereocenters. The first-order valence-corrected chi connectivity index (χ1v) is 14.8. The van der Waals surface area contributed by atoms with Crippen molar-refractivity contribution in [2.45, 2.75) is 79.6 Å². The van der Waals surface area contributed by atoms with Crippen LogP contribution >= 0.6 is 0 Å². The van der Waals surface area contributed by atoms with Gasteiger partial charge in [-0.05, 0) is 51.7 Å². The zero-order chi connectivity index (χ0) is 29.7. The topological polar surface area (TPSA) is 84.6 Å². The maximum absolute atomic E-state index is 12.2. The lowest BCUT2D eigenvalue weighted by atomic mass is 10.1. The van der Waals surface area contributed by atoms with Gasteiger partial charge >= 0.3 is 5.69 Å². The fourth-order valence-corrected chi connectivity index (χ4v) is 5.39. The SMILES string of the molecule is C=O.CC.CC.C[C@@H]1CCCN1C.C[C@H]1CN(c2nc(=O)[nH]c3c2CN(c2cccc4ccccc24)C3)CCN1.